The lowest BCUT2D eigenvalue weighted by atomic mass is 10.1. The third kappa shape index (κ3) is 4.50. The molecule has 7 nitrogen and oxygen atoms in total. The van der Waals surface area contributed by atoms with Crippen LogP contribution in [0.25, 0.3) is 10.9 Å². The summed E-state index contributed by atoms with van der Waals surface area (Å²) in [6.45, 7) is 5.81. The topological polar surface area (TPSA) is 94.7 Å². The molecular formula is C19H24N6O. The number of carbonyl (C=O) groups excluding carboxylic acids is 1. The van der Waals surface area contributed by atoms with Crippen LogP contribution in [0.5, 0.6) is 0 Å². The van der Waals surface area contributed by atoms with Crippen molar-refractivity contribution in [2.24, 2.45) is 0 Å². The van der Waals surface area contributed by atoms with Gasteiger partial charge in [0.2, 0.25) is 5.91 Å². The van der Waals surface area contributed by atoms with Crippen LogP contribution in [0.4, 0.5) is 11.6 Å². The fourth-order valence-corrected chi connectivity index (χ4v) is 2.84. The molecular weight excluding hydrogens is 328 g/mol. The van der Waals surface area contributed by atoms with E-state index in [-0.39, 0.29) is 5.91 Å². The van der Waals surface area contributed by atoms with Crippen LogP contribution in [0.1, 0.15) is 18.3 Å². The van der Waals surface area contributed by atoms with Crippen LogP contribution in [0.3, 0.4) is 0 Å². The van der Waals surface area contributed by atoms with Crippen molar-refractivity contribution >= 4 is 28.4 Å². The maximum atomic E-state index is 12.2. The molecule has 3 rings (SSSR count). The molecule has 0 bridgehead atoms. The predicted molar refractivity (Wildman–Crippen MR) is 104 cm³/mol. The first kappa shape index (κ1) is 17.7. The molecule has 0 atom stereocenters. The quantitative estimate of drug-likeness (QED) is 0.467. The summed E-state index contributed by atoms with van der Waals surface area (Å²) < 4.78 is 0. The van der Waals surface area contributed by atoms with Crippen molar-refractivity contribution in [1.82, 2.24) is 20.3 Å². The van der Waals surface area contributed by atoms with Crippen molar-refractivity contribution in [3.8, 4) is 0 Å². The van der Waals surface area contributed by atoms with E-state index >= 15 is 0 Å². The molecule has 26 heavy (non-hydrogen) atoms. The van der Waals surface area contributed by atoms with Crippen molar-refractivity contribution in [2.45, 2.75) is 20.3 Å². The zero-order valence-electron chi connectivity index (χ0n) is 15.1. The average molecular weight is 352 g/mol. The first-order chi connectivity index (χ1) is 12.7. The highest BCUT2D eigenvalue weighted by atomic mass is 16.1. The number of benzene rings is 1. The Morgan fingerprint density at radius 1 is 1.12 bits per heavy atom. The Bertz CT molecular complexity index is 889. The number of rotatable bonds is 8. The molecule has 1 aromatic carbocycles. The third-order valence-corrected chi connectivity index (χ3v) is 3.98. The lowest BCUT2D eigenvalue weighted by Gasteiger charge is -2.10. The summed E-state index contributed by atoms with van der Waals surface area (Å²) >= 11 is 0. The van der Waals surface area contributed by atoms with Gasteiger partial charge >= 0.3 is 0 Å². The highest BCUT2D eigenvalue weighted by molar-refractivity contribution is 5.88. The molecule has 0 spiro atoms. The van der Waals surface area contributed by atoms with E-state index in [9.17, 15) is 4.79 Å². The van der Waals surface area contributed by atoms with Gasteiger partial charge in [0.05, 0.1) is 6.42 Å². The van der Waals surface area contributed by atoms with Crippen LogP contribution in [0.2, 0.25) is 0 Å². The maximum Gasteiger partial charge on any atom is 0.224 e. The minimum atomic E-state index is 0.00348. The number of H-pyrrole nitrogens is 1. The monoisotopic (exact) mass is 352 g/mol. The fourth-order valence-electron chi connectivity index (χ4n) is 2.84. The fraction of sp³-hybridized carbons (Fsp3) is 0.316. The Kier molecular flexibility index (Phi) is 5.68. The molecule has 2 aromatic heterocycles. The van der Waals surface area contributed by atoms with Gasteiger partial charge in [-0.25, -0.2) is 9.97 Å². The number of amides is 1. The van der Waals surface area contributed by atoms with Gasteiger partial charge in [-0.15, -0.1) is 0 Å². The van der Waals surface area contributed by atoms with E-state index < -0.39 is 0 Å². The molecule has 3 aromatic rings. The zero-order valence-corrected chi connectivity index (χ0v) is 15.1. The van der Waals surface area contributed by atoms with E-state index in [1.807, 2.05) is 50.4 Å². The van der Waals surface area contributed by atoms with Crippen molar-refractivity contribution < 1.29 is 4.79 Å². The normalized spacial score (nSPS) is 10.7. The van der Waals surface area contributed by atoms with Crippen LogP contribution in [0, 0.1) is 6.92 Å². The molecule has 0 aliphatic heterocycles. The molecule has 0 aliphatic rings. The van der Waals surface area contributed by atoms with Crippen molar-refractivity contribution in [3.05, 3.63) is 47.9 Å². The van der Waals surface area contributed by atoms with E-state index in [0.29, 0.717) is 25.3 Å². The maximum absolute atomic E-state index is 12.2. The molecule has 0 radical (unpaired) electrons. The third-order valence-electron chi connectivity index (χ3n) is 3.98. The summed E-state index contributed by atoms with van der Waals surface area (Å²) in [5, 5.41) is 10.4. The van der Waals surface area contributed by atoms with Gasteiger partial charge in [0.15, 0.2) is 0 Å². The molecule has 0 saturated heterocycles. The number of carbonyl (C=O) groups is 1. The molecule has 0 unspecified atom stereocenters. The van der Waals surface area contributed by atoms with Crippen molar-refractivity contribution in [2.75, 3.05) is 30.3 Å². The summed E-state index contributed by atoms with van der Waals surface area (Å²) in [7, 11) is 0. The summed E-state index contributed by atoms with van der Waals surface area (Å²) in [5.41, 5.74) is 2.06. The number of aryl methyl sites for hydroxylation is 1. The average Bonchev–Trinajstić information content (AvgIpc) is 3.02. The van der Waals surface area contributed by atoms with Gasteiger partial charge in [-0.2, -0.15) is 0 Å². The molecule has 2 heterocycles. The first-order valence-corrected chi connectivity index (χ1v) is 8.81. The number of hydrogen-bond acceptors (Lipinski definition) is 5. The van der Waals surface area contributed by atoms with Crippen LogP contribution < -0.4 is 16.0 Å². The number of aromatic nitrogens is 3. The van der Waals surface area contributed by atoms with E-state index in [4.69, 9.17) is 0 Å². The number of fused-ring (bicyclic) bond motifs is 1. The lowest BCUT2D eigenvalue weighted by molar-refractivity contribution is -0.120. The van der Waals surface area contributed by atoms with Crippen LogP contribution in [-0.2, 0) is 11.2 Å². The lowest BCUT2D eigenvalue weighted by Crippen LogP contribution is -2.30. The smallest absolute Gasteiger partial charge is 0.224 e. The van der Waals surface area contributed by atoms with Crippen LogP contribution in [-0.4, -0.2) is 40.5 Å². The van der Waals surface area contributed by atoms with Gasteiger partial charge < -0.3 is 20.9 Å². The largest absolute Gasteiger partial charge is 0.370 e. The van der Waals surface area contributed by atoms with Gasteiger partial charge in [-0.05, 0) is 25.5 Å². The zero-order chi connectivity index (χ0) is 18.4. The molecule has 1 amide bonds. The summed E-state index contributed by atoms with van der Waals surface area (Å²) in [6, 6.07) is 9.85. The van der Waals surface area contributed by atoms with E-state index in [1.165, 1.54) is 0 Å². The Balaban J connectivity index is 1.47. The summed E-state index contributed by atoms with van der Waals surface area (Å²) in [4.78, 5) is 24.0. The highest BCUT2D eigenvalue weighted by Gasteiger charge is 2.08. The summed E-state index contributed by atoms with van der Waals surface area (Å²) in [6.07, 6.45) is 2.26. The molecule has 0 saturated carbocycles. The predicted octanol–water partition coefficient (Wildman–Crippen LogP) is 2.47. The van der Waals surface area contributed by atoms with Gasteiger partial charge in [0.25, 0.3) is 0 Å². The Hall–Kier alpha value is -3.09. The second kappa shape index (κ2) is 8.33. The number of hydrogen-bond donors (Lipinski definition) is 4. The van der Waals surface area contributed by atoms with Gasteiger partial charge in [-0.3, -0.25) is 4.79 Å². The minimum absolute atomic E-state index is 0.00348. The molecule has 7 heteroatoms. The van der Waals surface area contributed by atoms with E-state index in [0.717, 1.165) is 34.6 Å². The van der Waals surface area contributed by atoms with Gasteiger partial charge in [0.1, 0.15) is 17.5 Å². The standard InChI is InChI=1S/C19H24N6O/c1-3-20-17-11-18(25-13(2)24-17)21-8-9-22-19(26)10-14-12-23-16-7-5-4-6-15(14)16/h4-7,11-12,23H,3,8-10H2,1-2H3,(H,22,26)(H2,20,21,24,25). The Morgan fingerprint density at radius 2 is 1.88 bits per heavy atom. The number of para-hydroxylation sites is 1. The van der Waals surface area contributed by atoms with Crippen molar-refractivity contribution in [3.63, 3.8) is 0 Å². The van der Waals surface area contributed by atoms with E-state index in [2.05, 4.69) is 30.9 Å². The van der Waals surface area contributed by atoms with Crippen LogP contribution >= 0.6 is 0 Å². The van der Waals surface area contributed by atoms with Gasteiger partial charge in [0, 0.05) is 42.8 Å². The second-order valence-electron chi connectivity index (χ2n) is 6.03. The number of nitrogens with zero attached hydrogens (tertiary/aromatic N) is 2. The Morgan fingerprint density at radius 3 is 2.69 bits per heavy atom. The number of nitrogens with one attached hydrogen (secondary N) is 4. The molecule has 4 N–H and O–H groups in total. The highest BCUT2D eigenvalue weighted by Crippen LogP contribution is 2.17. The van der Waals surface area contributed by atoms with Crippen LogP contribution in [0.15, 0.2) is 36.5 Å². The minimum Gasteiger partial charge on any atom is -0.370 e. The molecule has 0 aliphatic carbocycles. The van der Waals surface area contributed by atoms with E-state index in [1.54, 1.807) is 0 Å². The van der Waals surface area contributed by atoms with Crippen molar-refractivity contribution in [1.29, 1.82) is 0 Å². The number of anilines is 2. The molecule has 136 valence electrons. The molecule has 0 fully saturated rings. The SMILES string of the molecule is CCNc1cc(NCCNC(=O)Cc2c[nH]c3ccccc23)nc(C)n1. The second-order valence-corrected chi connectivity index (χ2v) is 6.03. The van der Waals surface area contributed by atoms with Gasteiger partial charge in [-0.1, -0.05) is 18.2 Å². The first-order valence-electron chi connectivity index (χ1n) is 8.81. The summed E-state index contributed by atoms with van der Waals surface area (Å²) in [5.74, 6) is 2.25. The number of aromatic amines is 1. The Labute approximate surface area is 152 Å².